The van der Waals surface area contributed by atoms with Gasteiger partial charge in [-0.1, -0.05) is 11.6 Å². The van der Waals surface area contributed by atoms with Gasteiger partial charge < -0.3 is 25.4 Å². The highest BCUT2D eigenvalue weighted by Gasteiger charge is 2.45. The number of hydrogen-bond donors (Lipinski definition) is 3. The summed E-state index contributed by atoms with van der Waals surface area (Å²) in [5.74, 6) is -0.0888. The van der Waals surface area contributed by atoms with Gasteiger partial charge >= 0.3 is 5.69 Å². The Kier molecular flexibility index (Phi) is 4.07. The smallest absolute Gasteiger partial charge is 0.351 e. The molecule has 0 saturated carbocycles. The largest absolute Gasteiger partial charge is 0.394 e. The third-order valence-corrected chi connectivity index (χ3v) is 3.26. The van der Waals surface area contributed by atoms with Crippen LogP contribution >= 0.6 is 11.6 Å². The number of hydrogen-bond acceptors (Lipinski definition) is 7. The van der Waals surface area contributed by atoms with Gasteiger partial charge in [-0.3, -0.25) is 4.57 Å². The lowest BCUT2D eigenvalue weighted by Crippen LogP contribution is -2.37. The second kappa shape index (κ2) is 5.43. The molecule has 4 N–H and O–H groups in total. The maximum atomic E-state index is 11.8. The number of halogens is 1. The molecule has 0 aromatic carbocycles. The third-order valence-electron chi connectivity index (χ3n) is 2.97. The van der Waals surface area contributed by atoms with Crippen LogP contribution in [0.5, 0.6) is 0 Å². The van der Waals surface area contributed by atoms with Crippen molar-refractivity contribution in [1.82, 2.24) is 9.55 Å². The summed E-state index contributed by atoms with van der Waals surface area (Å²) in [5, 5.41) is 19.1. The van der Waals surface area contributed by atoms with Crippen LogP contribution in [-0.2, 0) is 9.47 Å². The minimum absolute atomic E-state index is 0.0833. The highest BCUT2D eigenvalue weighted by molar-refractivity contribution is 6.32. The number of anilines is 1. The maximum Gasteiger partial charge on any atom is 0.351 e. The fourth-order valence-corrected chi connectivity index (χ4v) is 2.14. The van der Waals surface area contributed by atoms with Crippen LogP contribution in [0.2, 0.25) is 5.02 Å². The molecule has 0 spiro atoms. The van der Waals surface area contributed by atoms with Gasteiger partial charge in [0.1, 0.15) is 24.1 Å². The van der Waals surface area contributed by atoms with Crippen molar-refractivity contribution in [3.63, 3.8) is 0 Å². The average Bonchev–Trinajstić information content (AvgIpc) is 2.70. The topological polar surface area (TPSA) is 120 Å². The number of aliphatic hydroxyl groups is 2. The van der Waals surface area contributed by atoms with E-state index in [2.05, 4.69) is 4.98 Å². The number of ether oxygens (including phenoxy) is 2. The first-order valence-corrected chi connectivity index (χ1v) is 5.88. The van der Waals surface area contributed by atoms with Crippen molar-refractivity contribution < 1.29 is 19.7 Å². The molecule has 1 aromatic rings. The number of nitrogens with two attached hydrogens (primary N) is 1. The number of nitrogen functional groups attached to an aromatic ring is 1. The molecular weight excluding hydrogens is 278 g/mol. The van der Waals surface area contributed by atoms with Gasteiger partial charge in [0.25, 0.3) is 0 Å². The van der Waals surface area contributed by atoms with E-state index in [0.717, 1.165) is 4.57 Å². The Bertz CT molecular complexity index is 522. The van der Waals surface area contributed by atoms with E-state index < -0.39 is 36.8 Å². The molecule has 0 bridgehead atoms. The van der Waals surface area contributed by atoms with Crippen molar-refractivity contribution in [2.45, 2.75) is 24.5 Å². The first-order chi connectivity index (χ1) is 8.99. The van der Waals surface area contributed by atoms with E-state index in [1.54, 1.807) is 0 Å². The first kappa shape index (κ1) is 14.2. The van der Waals surface area contributed by atoms with Crippen molar-refractivity contribution in [2.24, 2.45) is 0 Å². The van der Waals surface area contributed by atoms with E-state index in [-0.39, 0.29) is 10.8 Å². The molecule has 0 aliphatic carbocycles. The molecule has 0 unspecified atom stereocenters. The van der Waals surface area contributed by atoms with Crippen LogP contribution in [0.4, 0.5) is 5.82 Å². The number of nitrogens with zero attached hydrogens (tertiary/aromatic N) is 2. The Morgan fingerprint density at radius 1 is 1.68 bits per heavy atom. The predicted molar refractivity (Wildman–Crippen MR) is 65.7 cm³/mol. The molecule has 2 heterocycles. The zero-order valence-corrected chi connectivity index (χ0v) is 10.8. The SMILES string of the molecule is CO[C@@H]1[C@H](O)[C@@H](CO)O[C@H]1n1cc(Cl)c(N)nc1=O. The molecular formula is C10H14ClN3O5. The Labute approximate surface area is 113 Å². The molecule has 1 aromatic heterocycles. The summed E-state index contributed by atoms with van der Waals surface area (Å²) in [6.07, 6.45) is -2.41. The molecule has 1 aliphatic heterocycles. The lowest BCUT2D eigenvalue weighted by Gasteiger charge is -2.20. The second-order valence-electron chi connectivity index (χ2n) is 4.10. The van der Waals surface area contributed by atoms with Gasteiger partial charge in [0.05, 0.1) is 11.6 Å². The number of methoxy groups -OCH3 is 1. The number of rotatable bonds is 3. The maximum absolute atomic E-state index is 11.8. The van der Waals surface area contributed by atoms with Crippen LogP contribution in [0.1, 0.15) is 6.23 Å². The van der Waals surface area contributed by atoms with Gasteiger partial charge in [0.2, 0.25) is 0 Å². The van der Waals surface area contributed by atoms with Gasteiger partial charge in [-0.15, -0.1) is 0 Å². The quantitative estimate of drug-likeness (QED) is 0.636. The fourth-order valence-electron chi connectivity index (χ4n) is 1.99. The number of aromatic nitrogens is 2. The Balaban J connectivity index is 2.41. The Morgan fingerprint density at radius 2 is 2.37 bits per heavy atom. The molecule has 19 heavy (non-hydrogen) atoms. The molecule has 0 amide bonds. The van der Waals surface area contributed by atoms with Gasteiger partial charge in [0.15, 0.2) is 6.23 Å². The average molecular weight is 292 g/mol. The molecule has 1 saturated heterocycles. The van der Waals surface area contributed by atoms with Gasteiger partial charge in [-0.25, -0.2) is 4.79 Å². The van der Waals surface area contributed by atoms with Crippen molar-refractivity contribution in [3.8, 4) is 0 Å². The van der Waals surface area contributed by atoms with Gasteiger partial charge in [0, 0.05) is 13.3 Å². The van der Waals surface area contributed by atoms with E-state index in [9.17, 15) is 9.90 Å². The fraction of sp³-hybridized carbons (Fsp3) is 0.600. The first-order valence-electron chi connectivity index (χ1n) is 5.51. The summed E-state index contributed by atoms with van der Waals surface area (Å²) < 4.78 is 11.6. The summed E-state index contributed by atoms with van der Waals surface area (Å²) in [5.41, 5.74) is 4.74. The second-order valence-corrected chi connectivity index (χ2v) is 4.51. The Morgan fingerprint density at radius 3 is 2.95 bits per heavy atom. The summed E-state index contributed by atoms with van der Waals surface area (Å²) in [6.45, 7) is -0.400. The summed E-state index contributed by atoms with van der Waals surface area (Å²) >= 11 is 5.81. The van der Waals surface area contributed by atoms with Crippen LogP contribution in [-0.4, -0.2) is 51.8 Å². The van der Waals surface area contributed by atoms with E-state index in [0.29, 0.717) is 0 Å². The van der Waals surface area contributed by atoms with Crippen molar-refractivity contribution in [2.75, 3.05) is 19.5 Å². The van der Waals surface area contributed by atoms with Crippen molar-refractivity contribution >= 4 is 17.4 Å². The van der Waals surface area contributed by atoms with Crippen molar-refractivity contribution in [3.05, 3.63) is 21.7 Å². The lowest BCUT2D eigenvalue weighted by molar-refractivity contribution is -0.0624. The normalized spacial score (nSPS) is 30.7. The molecule has 106 valence electrons. The van der Waals surface area contributed by atoms with Crippen LogP contribution in [0.15, 0.2) is 11.0 Å². The minimum Gasteiger partial charge on any atom is -0.394 e. The zero-order valence-electron chi connectivity index (χ0n) is 10.1. The van der Waals surface area contributed by atoms with Crippen LogP contribution < -0.4 is 11.4 Å². The number of aliphatic hydroxyl groups excluding tert-OH is 2. The van der Waals surface area contributed by atoms with Crippen LogP contribution in [0.3, 0.4) is 0 Å². The molecule has 2 rings (SSSR count). The summed E-state index contributed by atoms with van der Waals surface area (Å²) in [4.78, 5) is 15.3. The van der Waals surface area contributed by atoms with E-state index in [1.165, 1.54) is 13.3 Å². The van der Waals surface area contributed by atoms with E-state index in [1.807, 2.05) is 0 Å². The van der Waals surface area contributed by atoms with Gasteiger partial charge in [-0.05, 0) is 0 Å². The zero-order chi connectivity index (χ0) is 14.2. The minimum atomic E-state index is -1.07. The molecule has 0 radical (unpaired) electrons. The van der Waals surface area contributed by atoms with Gasteiger partial charge in [-0.2, -0.15) is 4.98 Å². The molecule has 1 aliphatic rings. The monoisotopic (exact) mass is 291 g/mol. The highest BCUT2D eigenvalue weighted by atomic mass is 35.5. The summed E-state index contributed by atoms with van der Waals surface area (Å²) in [7, 11) is 1.36. The Hall–Kier alpha value is -1.19. The lowest BCUT2D eigenvalue weighted by atomic mass is 10.1. The van der Waals surface area contributed by atoms with Crippen molar-refractivity contribution in [1.29, 1.82) is 0 Å². The molecule has 1 fully saturated rings. The summed E-state index contributed by atoms with van der Waals surface area (Å²) in [6, 6.07) is 0. The molecule has 8 nitrogen and oxygen atoms in total. The molecule has 4 atom stereocenters. The molecule has 9 heteroatoms. The van der Waals surface area contributed by atoms with E-state index >= 15 is 0 Å². The standard InChI is InChI=1S/C10H14ClN3O5/c1-18-7-6(16)5(3-15)19-9(7)14-2-4(11)8(12)13-10(14)17/h2,5-7,9,15-16H,3H2,1H3,(H2,12,13,17)/t5-,6-,7-,9-/m1/s1. The van der Waals surface area contributed by atoms with E-state index in [4.69, 9.17) is 31.9 Å². The van der Waals surface area contributed by atoms with Crippen LogP contribution in [0.25, 0.3) is 0 Å². The highest BCUT2D eigenvalue weighted by Crippen LogP contribution is 2.31. The van der Waals surface area contributed by atoms with Crippen LogP contribution in [0, 0.1) is 0 Å². The predicted octanol–water partition coefficient (Wildman–Crippen LogP) is -1.26. The third kappa shape index (κ3) is 2.45.